The molecule has 1 aromatic rings. The van der Waals surface area contributed by atoms with Crippen LogP contribution in [0.5, 0.6) is 0 Å². The second-order valence-corrected chi connectivity index (χ2v) is 8.24. The van der Waals surface area contributed by atoms with Crippen molar-refractivity contribution in [2.45, 2.75) is 52.0 Å². The van der Waals surface area contributed by atoms with Crippen LogP contribution < -0.4 is 22.3 Å². The number of hydrogen-bond donors (Lipinski definition) is 4. The number of nitrogens with two attached hydrogens (primary N) is 1. The van der Waals surface area contributed by atoms with Crippen LogP contribution in [0, 0.1) is 5.41 Å². The molecule has 2 rings (SSSR count). The summed E-state index contributed by atoms with van der Waals surface area (Å²) in [7, 11) is 0. The van der Waals surface area contributed by atoms with Crippen LogP contribution in [0.1, 0.15) is 27.0 Å². The molecule has 0 bridgehead atoms. The second-order valence-electron chi connectivity index (χ2n) is 8.24. The van der Waals surface area contributed by atoms with E-state index >= 15 is 0 Å². The van der Waals surface area contributed by atoms with Crippen molar-refractivity contribution >= 4 is 11.9 Å². The number of aliphatic hydroxyl groups excluding tert-OH is 2. The van der Waals surface area contributed by atoms with Crippen LogP contribution in [0.4, 0.5) is 0 Å². The SMILES string of the molecule is CC(C)(C)C(=O)OCn1c(=O)ccn([C@@H]2O[C@H](CO)[C@H](O)C2OCC(=O)NCCN)c1=O. The molecule has 1 aromatic heterocycles. The first kappa shape index (κ1) is 25.7. The van der Waals surface area contributed by atoms with E-state index in [2.05, 4.69) is 5.32 Å². The van der Waals surface area contributed by atoms with E-state index in [0.29, 0.717) is 4.57 Å². The fourth-order valence-corrected chi connectivity index (χ4v) is 2.89. The summed E-state index contributed by atoms with van der Waals surface area (Å²) in [6.45, 7) is 3.66. The molecule has 32 heavy (non-hydrogen) atoms. The third-order valence-corrected chi connectivity index (χ3v) is 4.67. The summed E-state index contributed by atoms with van der Waals surface area (Å²) in [4.78, 5) is 48.9. The third-order valence-electron chi connectivity index (χ3n) is 4.67. The number of aliphatic hydroxyl groups is 2. The highest BCUT2D eigenvalue weighted by Gasteiger charge is 2.46. The molecule has 0 aliphatic carbocycles. The molecule has 1 fully saturated rings. The molecule has 1 aliphatic heterocycles. The molecule has 1 aliphatic rings. The minimum atomic E-state index is -1.36. The summed E-state index contributed by atoms with van der Waals surface area (Å²) < 4.78 is 17.7. The number of ether oxygens (including phenoxy) is 3. The van der Waals surface area contributed by atoms with Crippen LogP contribution >= 0.6 is 0 Å². The number of hydrogen-bond acceptors (Lipinski definition) is 10. The minimum Gasteiger partial charge on any atom is -0.443 e. The quantitative estimate of drug-likeness (QED) is 0.283. The van der Waals surface area contributed by atoms with Gasteiger partial charge in [-0.25, -0.2) is 9.36 Å². The van der Waals surface area contributed by atoms with Crippen molar-refractivity contribution in [3.05, 3.63) is 33.1 Å². The fraction of sp³-hybridized carbons (Fsp3) is 0.684. The monoisotopic (exact) mass is 458 g/mol. The molecular weight excluding hydrogens is 428 g/mol. The smallest absolute Gasteiger partial charge is 0.335 e. The molecule has 2 heterocycles. The maximum absolute atomic E-state index is 12.9. The molecule has 13 heteroatoms. The zero-order valence-electron chi connectivity index (χ0n) is 18.2. The molecule has 5 N–H and O–H groups in total. The van der Waals surface area contributed by atoms with Crippen molar-refractivity contribution in [1.29, 1.82) is 0 Å². The molecule has 0 aromatic carbocycles. The molecule has 1 saturated heterocycles. The van der Waals surface area contributed by atoms with E-state index in [1.807, 2.05) is 0 Å². The van der Waals surface area contributed by atoms with Gasteiger partial charge in [0.1, 0.15) is 24.9 Å². The van der Waals surface area contributed by atoms with Gasteiger partial charge in [0.05, 0.1) is 12.0 Å². The van der Waals surface area contributed by atoms with Crippen LogP contribution in [0.2, 0.25) is 0 Å². The maximum atomic E-state index is 12.9. The van der Waals surface area contributed by atoms with Crippen molar-refractivity contribution < 1.29 is 34.0 Å². The van der Waals surface area contributed by atoms with Crippen LogP contribution in [0.3, 0.4) is 0 Å². The highest BCUT2D eigenvalue weighted by molar-refractivity contribution is 5.77. The molecule has 1 unspecified atom stereocenters. The molecule has 4 atom stereocenters. The first-order valence-corrected chi connectivity index (χ1v) is 10.0. The van der Waals surface area contributed by atoms with E-state index < -0.39 is 73.0 Å². The Balaban J connectivity index is 2.28. The summed E-state index contributed by atoms with van der Waals surface area (Å²) in [6.07, 6.45) is -3.80. The summed E-state index contributed by atoms with van der Waals surface area (Å²) in [5.74, 6) is -1.11. The fourth-order valence-electron chi connectivity index (χ4n) is 2.89. The number of amides is 1. The van der Waals surface area contributed by atoms with Crippen LogP contribution in [-0.2, 0) is 30.5 Å². The van der Waals surface area contributed by atoms with E-state index in [1.54, 1.807) is 20.8 Å². The van der Waals surface area contributed by atoms with E-state index in [1.165, 1.54) is 0 Å². The van der Waals surface area contributed by atoms with Crippen molar-refractivity contribution in [2.24, 2.45) is 11.1 Å². The van der Waals surface area contributed by atoms with Gasteiger partial charge in [-0.05, 0) is 20.8 Å². The molecule has 13 nitrogen and oxygen atoms in total. The summed E-state index contributed by atoms with van der Waals surface area (Å²) in [5.41, 5.74) is 2.87. The zero-order valence-corrected chi connectivity index (χ0v) is 18.2. The van der Waals surface area contributed by atoms with Crippen molar-refractivity contribution in [3.63, 3.8) is 0 Å². The highest BCUT2D eigenvalue weighted by Crippen LogP contribution is 2.30. The molecule has 1 amide bonds. The normalized spacial score (nSPS) is 23.2. The van der Waals surface area contributed by atoms with Crippen LogP contribution in [-0.4, -0.2) is 75.8 Å². The summed E-state index contributed by atoms with van der Waals surface area (Å²) in [5, 5.41) is 22.4. The highest BCUT2D eigenvalue weighted by atomic mass is 16.6. The molecular formula is C19H30N4O9. The van der Waals surface area contributed by atoms with Gasteiger partial charge in [0, 0.05) is 25.4 Å². The predicted octanol–water partition coefficient (Wildman–Crippen LogP) is -2.73. The molecule has 0 radical (unpaired) electrons. The number of esters is 1. The van der Waals surface area contributed by atoms with E-state index in [0.717, 1.165) is 16.8 Å². The van der Waals surface area contributed by atoms with Crippen molar-refractivity contribution in [1.82, 2.24) is 14.5 Å². The van der Waals surface area contributed by atoms with E-state index in [9.17, 15) is 29.4 Å². The maximum Gasteiger partial charge on any atom is 0.335 e. The topological polar surface area (TPSA) is 184 Å². The van der Waals surface area contributed by atoms with Gasteiger partial charge in [-0.2, -0.15) is 0 Å². The summed E-state index contributed by atoms with van der Waals surface area (Å²) >= 11 is 0. The lowest BCUT2D eigenvalue weighted by atomic mass is 9.98. The van der Waals surface area contributed by atoms with Gasteiger partial charge in [-0.15, -0.1) is 0 Å². The first-order valence-electron chi connectivity index (χ1n) is 10.0. The number of aromatic nitrogens is 2. The van der Waals surface area contributed by atoms with Gasteiger partial charge in [0.2, 0.25) is 5.91 Å². The third kappa shape index (κ3) is 6.01. The Labute approximate surface area is 183 Å². The van der Waals surface area contributed by atoms with Crippen LogP contribution in [0.15, 0.2) is 21.9 Å². The second kappa shape index (κ2) is 10.8. The first-order chi connectivity index (χ1) is 15.0. The van der Waals surface area contributed by atoms with Gasteiger partial charge in [-0.1, -0.05) is 0 Å². The molecule has 0 spiro atoms. The predicted molar refractivity (Wildman–Crippen MR) is 109 cm³/mol. The van der Waals surface area contributed by atoms with Gasteiger partial charge in [-0.3, -0.25) is 19.0 Å². The Kier molecular flexibility index (Phi) is 8.69. The van der Waals surface area contributed by atoms with E-state index in [4.69, 9.17) is 19.9 Å². The Morgan fingerprint density at radius 3 is 2.59 bits per heavy atom. The van der Waals surface area contributed by atoms with Gasteiger partial charge >= 0.3 is 11.7 Å². The largest absolute Gasteiger partial charge is 0.443 e. The zero-order chi connectivity index (χ0) is 24.1. The number of nitrogens with one attached hydrogen (secondary N) is 1. The molecule has 0 saturated carbocycles. The number of carbonyl (C=O) groups excluding carboxylic acids is 2. The van der Waals surface area contributed by atoms with Crippen molar-refractivity contribution in [3.8, 4) is 0 Å². The minimum absolute atomic E-state index is 0.228. The lowest BCUT2D eigenvalue weighted by molar-refractivity contribution is -0.157. The Bertz CT molecular complexity index is 921. The lowest BCUT2D eigenvalue weighted by Gasteiger charge is -2.23. The Morgan fingerprint density at radius 1 is 1.31 bits per heavy atom. The number of nitrogens with zero attached hydrogens (tertiary/aromatic N) is 2. The Hall–Kier alpha value is -2.58. The molecule has 180 valence electrons. The van der Waals surface area contributed by atoms with E-state index in [-0.39, 0.29) is 13.1 Å². The van der Waals surface area contributed by atoms with Crippen LogP contribution in [0.25, 0.3) is 0 Å². The van der Waals surface area contributed by atoms with Gasteiger partial charge in [0.25, 0.3) is 5.56 Å². The Morgan fingerprint density at radius 2 is 2.00 bits per heavy atom. The van der Waals surface area contributed by atoms with Gasteiger partial charge in [0.15, 0.2) is 13.0 Å². The summed E-state index contributed by atoms with van der Waals surface area (Å²) in [6, 6.07) is 1.05. The lowest BCUT2D eigenvalue weighted by Crippen LogP contribution is -2.45. The average Bonchev–Trinajstić information content (AvgIpc) is 3.04. The number of rotatable bonds is 9. The number of carbonyl (C=O) groups is 2. The standard InChI is InChI=1S/C19H30N4O9/c1-19(2,3)17(28)31-10-23-13(26)4-7-22(18(23)29)16-15(14(27)11(8-24)32-16)30-9-12(25)21-6-5-20/h4,7,11,14-16,24,27H,5-6,8-10,20H2,1-3H3,(H,21,25)/t11-,14+,15?,16-/m1/s1. The average molecular weight is 458 g/mol. The van der Waals surface area contributed by atoms with Crippen molar-refractivity contribution in [2.75, 3.05) is 26.3 Å². The van der Waals surface area contributed by atoms with Gasteiger partial charge < -0.3 is 35.5 Å².